The van der Waals surface area contributed by atoms with Gasteiger partial charge in [0.05, 0.1) is 4.91 Å². The SMILES string of the molecule is Cc1ccc(/C=C2/SC(=O)N([C@H](N3CCCCC3)C(Cl)(Cl)Cl)C2=O)cc1. The minimum Gasteiger partial charge on any atom is -0.279 e. The quantitative estimate of drug-likeness (QED) is 0.484. The van der Waals surface area contributed by atoms with Crippen LogP contribution in [0.4, 0.5) is 4.79 Å². The van der Waals surface area contributed by atoms with E-state index < -0.39 is 21.1 Å². The zero-order valence-electron chi connectivity index (χ0n) is 14.3. The van der Waals surface area contributed by atoms with Gasteiger partial charge in [-0.2, -0.15) is 0 Å². The smallest absolute Gasteiger partial charge is 0.279 e. The highest BCUT2D eigenvalue weighted by Gasteiger charge is 2.50. The van der Waals surface area contributed by atoms with Crippen LogP contribution >= 0.6 is 46.6 Å². The molecule has 0 aromatic heterocycles. The van der Waals surface area contributed by atoms with Crippen LogP contribution in [0.25, 0.3) is 6.08 Å². The van der Waals surface area contributed by atoms with Gasteiger partial charge in [0.25, 0.3) is 11.1 Å². The number of nitrogens with zero attached hydrogens (tertiary/aromatic N) is 2. The number of rotatable bonds is 3. The third-order valence-electron chi connectivity index (χ3n) is 4.47. The Morgan fingerprint density at radius 3 is 2.27 bits per heavy atom. The summed E-state index contributed by atoms with van der Waals surface area (Å²) in [4.78, 5) is 28.9. The van der Waals surface area contributed by atoms with E-state index in [0.717, 1.165) is 47.1 Å². The summed E-state index contributed by atoms with van der Waals surface area (Å²) in [5.74, 6) is -0.414. The summed E-state index contributed by atoms with van der Waals surface area (Å²) in [6.45, 7) is 3.37. The van der Waals surface area contributed by atoms with Crippen molar-refractivity contribution >= 4 is 63.8 Å². The van der Waals surface area contributed by atoms with E-state index in [4.69, 9.17) is 34.8 Å². The molecule has 1 aromatic rings. The van der Waals surface area contributed by atoms with E-state index in [1.165, 1.54) is 0 Å². The molecule has 1 aromatic carbocycles. The topological polar surface area (TPSA) is 40.6 Å². The van der Waals surface area contributed by atoms with Crippen molar-refractivity contribution in [3.8, 4) is 0 Å². The summed E-state index contributed by atoms with van der Waals surface area (Å²) >= 11 is 19.4. The van der Waals surface area contributed by atoms with Crippen LogP contribution < -0.4 is 0 Å². The molecule has 8 heteroatoms. The van der Waals surface area contributed by atoms with Crippen LogP contribution in [0, 0.1) is 6.92 Å². The van der Waals surface area contributed by atoms with Crippen molar-refractivity contribution in [1.82, 2.24) is 9.80 Å². The van der Waals surface area contributed by atoms with Crippen molar-refractivity contribution in [1.29, 1.82) is 0 Å². The average molecular weight is 434 g/mol. The van der Waals surface area contributed by atoms with E-state index in [0.29, 0.717) is 18.0 Å². The molecule has 0 bridgehead atoms. The lowest BCUT2D eigenvalue weighted by atomic mass is 10.1. The molecule has 140 valence electrons. The number of benzene rings is 1. The molecule has 3 rings (SSSR count). The fourth-order valence-corrected chi connectivity index (χ4v) is 4.74. The van der Waals surface area contributed by atoms with Crippen molar-refractivity contribution in [3.05, 3.63) is 40.3 Å². The maximum absolute atomic E-state index is 12.9. The molecule has 0 aliphatic carbocycles. The molecular weight excluding hydrogens is 415 g/mol. The molecule has 2 fully saturated rings. The second-order valence-corrected chi connectivity index (χ2v) is 9.84. The largest absolute Gasteiger partial charge is 0.295 e. The Labute approximate surface area is 172 Å². The van der Waals surface area contributed by atoms with Crippen molar-refractivity contribution in [2.45, 2.75) is 36.1 Å². The van der Waals surface area contributed by atoms with Crippen LogP contribution in [0.15, 0.2) is 29.2 Å². The van der Waals surface area contributed by atoms with Crippen LogP contribution in [0.3, 0.4) is 0 Å². The number of carbonyl (C=O) groups is 2. The van der Waals surface area contributed by atoms with E-state index in [9.17, 15) is 9.59 Å². The minimum atomic E-state index is -1.78. The van der Waals surface area contributed by atoms with Crippen molar-refractivity contribution in [3.63, 3.8) is 0 Å². The fourth-order valence-electron chi connectivity index (χ4n) is 3.18. The van der Waals surface area contributed by atoms with Gasteiger partial charge < -0.3 is 0 Å². The molecule has 2 aliphatic rings. The second-order valence-electron chi connectivity index (χ2n) is 6.47. The number of alkyl halides is 3. The van der Waals surface area contributed by atoms with Gasteiger partial charge in [-0.15, -0.1) is 0 Å². The molecule has 0 unspecified atom stereocenters. The Morgan fingerprint density at radius 2 is 1.69 bits per heavy atom. The number of thioether (sulfide) groups is 1. The highest BCUT2D eigenvalue weighted by Crippen LogP contribution is 2.42. The molecule has 26 heavy (non-hydrogen) atoms. The Kier molecular flexibility index (Phi) is 6.25. The van der Waals surface area contributed by atoms with Crippen molar-refractivity contribution < 1.29 is 9.59 Å². The average Bonchev–Trinajstić information content (AvgIpc) is 2.85. The summed E-state index contributed by atoms with van der Waals surface area (Å²) in [6, 6.07) is 7.71. The number of halogens is 3. The van der Waals surface area contributed by atoms with Crippen LogP contribution in [-0.2, 0) is 4.79 Å². The van der Waals surface area contributed by atoms with E-state index in [1.807, 2.05) is 36.1 Å². The van der Waals surface area contributed by atoms with E-state index >= 15 is 0 Å². The van der Waals surface area contributed by atoms with Crippen molar-refractivity contribution in [2.75, 3.05) is 13.1 Å². The van der Waals surface area contributed by atoms with Crippen LogP contribution in [-0.4, -0.2) is 44.0 Å². The molecule has 2 heterocycles. The lowest BCUT2D eigenvalue weighted by Crippen LogP contribution is -2.58. The summed E-state index contributed by atoms with van der Waals surface area (Å²) < 4.78 is -1.78. The first-order valence-electron chi connectivity index (χ1n) is 8.42. The maximum Gasteiger partial charge on any atom is 0.295 e. The van der Waals surface area contributed by atoms with Gasteiger partial charge in [0, 0.05) is 13.1 Å². The van der Waals surface area contributed by atoms with Gasteiger partial charge in [0.15, 0.2) is 0 Å². The van der Waals surface area contributed by atoms with Crippen molar-refractivity contribution in [2.24, 2.45) is 0 Å². The van der Waals surface area contributed by atoms with Gasteiger partial charge in [-0.3, -0.25) is 14.5 Å². The number of carbonyl (C=O) groups excluding carboxylic acids is 2. The van der Waals surface area contributed by atoms with Crippen LogP contribution in [0.5, 0.6) is 0 Å². The number of imide groups is 1. The molecule has 0 N–H and O–H groups in total. The summed E-state index contributed by atoms with van der Waals surface area (Å²) in [6.07, 6.45) is 3.80. The first kappa shape index (κ1) is 20.0. The minimum absolute atomic E-state index is 0.343. The van der Waals surface area contributed by atoms with Gasteiger partial charge in [-0.1, -0.05) is 71.1 Å². The zero-order chi connectivity index (χ0) is 18.9. The molecule has 2 aliphatic heterocycles. The molecular formula is C18H19Cl3N2O2S. The molecule has 1 atom stereocenters. The Bertz CT molecular complexity index is 725. The highest BCUT2D eigenvalue weighted by atomic mass is 35.6. The lowest BCUT2D eigenvalue weighted by Gasteiger charge is -2.41. The standard InChI is InChI=1S/C18H19Cl3N2O2S/c1-12-5-7-13(8-6-12)11-14-15(24)23(17(25)26-14)16(18(19,20)21)22-9-3-2-4-10-22/h5-8,11,16H,2-4,9-10H2,1H3/b14-11+/t16-/m0/s1. The van der Waals surface area contributed by atoms with Gasteiger partial charge >= 0.3 is 0 Å². The molecule has 2 amide bonds. The number of likely N-dealkylation sites (tertiary alicyclic amines) is 1. The van der Waals surface area contributed by atoms with E-state index in [2.05, 4.69) is 0 Å². The van der Waals surface area contributed by atoms with E-state index in [-0.39, 0.29) is 0 Å². The van der Waals surface area contributed by atoms with Gasteiger partial charge in [-0.25, -0.2) is 4.90 Å². The van der Waals surface area contributed by atoms with Gasteiger partial charge in [0.1, 0.15) is 6.17 Å². The van der Waals surface area contributed by atoms with Gasteiger partial charge in [-0.05, 0) is 43.2 Å². The van der Waals surface area contributed by atoms with Gasteiger partial charge in [0.2, 0.25) is 3.79 Å². The Balaban J connectivity index is 1.89. The number of amides is 2. The van der Waals surface area contributed by atoms with Crippen LogP contribution in [0.1, 0.15) is 30.4 Å². The Morgan fingerprint density at radius 1 is 1.08 bits per heavy atom. The monoisotopic (exact) mass is 432 g/mol. The third kappa shape index (κ3) is 4.39. The molecule has 2 saturated heterocycles. The first-order valence-corrected chi connectivity index (χ1v) is 10.4. The Hall–Kier alpha value is -0.720. The zero-order valence-corrected chi connectivity index (χ0v) is 17.3. The molecule has 0 radical (unpaired) electrons. The van der Waals surface area contributed by atoms with E-state index in [1.54, 1.807) is 6.08 Å². The fraction of sp³-hybridized carbons (Fsp3) is 0.444. The number of piperidine rings is 1. The molecule has 0 saturated carbocycles. The molecule has 4 nitrogen and oxygen atoms in total. The number of hydrogen-bond donors (Lipinski definition) is 0. The summed E-state index contributed by atoms with van der Waals surface area (Å²) in [5.41, 5.74) is 1.97. The first-order chi connectivity index (χ1) is 12.3. The number of aryl methyl sites for hydroxylation is 1. The summed E-state index contributed by atoms with van der Waals surface area (Å²) in [7, 11) is 0. The normalized spacial score (nSPS) is 22.3. The molecule has 0 spiro atoms. The third-order valence-corrected chi connectivity index (χ3v) is 5.94. The van der Waals surface area contributed by atoms with Crippen LogP contribution in [0.2, 0.25) is 0 Å². The predicted molar refractivity (Wildman–Crippen MR) is 108 cm³/mol. The highest BCUT2D eigenvalue weighted by molar-refractivity contribution is 8.18. The summed E-state index contributed by atoms with van der Waals surface area (Å²) in [5, 5.41) is -0.407. The predicted octanol–water partition coefficient (Wildman–Crippen LogP) is 5.21. The lowest BCUT2D eigenvalue weighted by molar-refractivity contribution is -0.127. The maximum atomic E-state index is 12.9. The number of hydrogen-bond acceptors (Lipinski definition) is 4. The second kappa shape index (κ2) is 8.11.